The monoisotopic (exact) mass is 237 g/mol. The Hall–Kier alpha value is -2.79. The van der Waals surface area contributed by atoms with E-state index in [0.29, 0.717) is 5.69 Å². The maximum atomic E-state index is 9.08. The Morgan fingerprint density at radius 2 is 2.11 bits per heavy atom. The van der Waals surface area contributed by atoms with Crippen LogP contribution in [0.5, 0.6) is 0 Å². The molecule has 88 valence electrons. The third kappa shape index (κ3) is 1.90. The van der Waals surface area contributed by atoms with E-state index in [1.807, 2.05) is 37.3 Å². The van der Waals surface area contributed by atoms with Gasteiger partial charge < -0.3 is 10.3 Å². The largest absolute Gasteiger partial charge is 0.399 e. The van der Waals surface area contributed by atoms with Crippen molar-refractivity contribution in [1.82, 2.24) is 9.55 Å². The van der Waals surface area contributed by atoms with E-state index >= 15 is 0 Å². The minimum Gasteiger partial charge on any atom is -0.399 e. The number of benzene rings is 1. The van der Waals surface area contributed by atoms with Gasteiger partial charge in [-0.2, -0.15) is 10.5 Å². The van der Waals surface area contributed by atoms with Crippen molar-refractivity contribution >= 4 is 5.69 Å². The number of anilines is 1. The topological polar surface area (TPSA) is 91.4 Å². The molecule has 2 rings (SSSR count). The lowest BCUT2D eigenvalue weighted by atomic mass is 10.1. The number of nitrogens with two attached hydrogens (primary N) is 1. The predicted molar refractivity (Wildman–Crippen MR) is 66.3 cm³/mol. The van der Waals surface area contributed by atoms with E-state index in [0.717, 1.165) is 5.56 Å². The molecule has 0 saturated heterocycles. The van der Waals surface area contributed by atoms with E-state index in [4.69, 9.17) is 16.3 Å². The number of nitrogens with zero attached hydrogens (tertiary/aromatic N) is 4. The summed E-state index contributed by atoms with van der Waals surface area (Å²) < 4.78 is 1.67. The molecule has 0 aliphatic heterocycles. The second kappa shape index (κ2) is 4.60. The molecule has 0 saturated carbocycles. The Kier molecular flexibility index (Phi) is 2.99. The lowest BCUT2D eigenvalue weighted by Crippen LogP contribution is -2.08. The highest BCUT2D eigenvalue weighted by Crippen LogP contribution is 2.22. The molecule has 2 aromatic rings. The number of imidazole rings is 1. The molecule has 1 heterocycles. The molecule has 0 aliphatic carbocycles. The quantitative estimate of drug-likeness (QED) is 0.806. The zero-order chi connectivity index (χ0) is 13.1. The van der Waals surface area contributed by atoms with Crippen molar-refractivity contribution in [2.75, 3.05) is 5.73 Å². The second-order valence-electron chi connectivity index (χ2n) is 3.92. The molecule has 0 aliphatic rings. The van der Waals surface area contributed by atoms with E-state index in [-0.39, 0.29) is 17.4 Å². The molecule has 1 aromatic heterocycles. The van der Waals surface area contributed by atoms with Gasteiger partial charge in [-0.15, -0.1) is 0 Å². The van der Waals surface area contributed by atoms with Crippen LogP contribution in [0, 0.1) is 22.7 Å². The van der Waals surface area contributed by atoms with E-state index in [1.165, 1.54) is 6.33 Å². The molecule has 0 radical (unpaired) electrons. The first-order chi connectivity index (χ1) is 8.67. The molecule has 0 fully saturated rings. The van der Waals surface area contributed by atoms with E-state index in [2.05, 4.69) is 4.98 Å². The van der Waals surface area contributed by atoms with Crippen LogP contribution < -0.4 is 5.73 Å². The fourth-order valence-electron chi connectivity index (χ4n) is 1.83. The average Bonchev–Trinajstić information content (AvgIpc) is 2.80. The molecule has 0 bridgehead atoms. The third-order valence-electron chi connectivity index (χ3n) is 2.82. The van der Waals surface area contributed by atoms with Gasteiger partial charge in [0.25, 0.3) is 0 Å². The molecule has 0 spiro atoms. The Bertz CT molecular complexity index is 657. The Morgan fingerprint density at radius 1 is 1.33 bits per heavy atom. The van der Waals surface area contributed by atoms with Gasteiger partial charge in [-0.05, 0) is 24.6 Å². The van der Waals surface area contributed by atoms with Crippen LogP contribution in [-0.2, 0) is 0 Å². The Morgan fingerprint density at radius 3 is 2.72 bits per heavy atom. The number of nitriles is 2. The highest BCUT2D eigenvalue weighted by molar-refractivity contribution is 5.43. The number of aromatic nitrogens is 2. The van der Waals surface area contributed by atoms with Crippen molar-refractivity contribution in [3.05, 3.63) is 47.5 Å². The van der Waals surface area contributed by atoms with Crippen LogP contribution in [0.1, 0.15) is 29.9 Å². The molecule has 1 aromatic carbocycles. The van der Waals surface area contributed by atoms with E-state index in [1.54, 1.807) is 10.6 Å². The van der Waals surface area contributed by atoms with Gasteiger partial charge in [0, 0.05) is 5.69 Å². The fourth-order valence-corrected chi connectivity index (χ4v) is 1.83. The maximum Gasteiger partial charge on any atom is 0.176 e. The molecule has 1 atom stereocenters. The first kappa shape index (κ1) is 11.7. The maximum absolute atomic E-state index is 9.08. The lowest BCUT2D eigenvalue weighted by Gasteiger charge is -2.14. The second-order valence-corrected chi connectivity index (χ2v) is 3.92. The van der Waals surface area contributed by atoms with Crippen molar-refractivity contribution < 1.29 is 0 Å². The summed E-state index contributed by atoms with van der Waals surface area (Å²) in [6.07, 6.45) is 1.50. The van der Waals surface area contributed by atoms with Crippen molar-refractivity contribution in [3.63, 3.8) is 0 Å². The summed E-state index contributed by atoms with van der Waals surface area (Å²) in [7, 11) is 0. The van der Waals surface area contributed by atoms with Gasteiger partial charge in [0.2, 0.25) is 0 Å². The van der Waals surface area contributed by atoms with Crippen LogP contribution in [0.2, 0.25) is 0 Å². The van der Waals surface area contributed by atoms with Crippen LogP contribution >= 0.6 is 0 Å². The van der Waals surface area contributed by atoms with Crippen molar-refractivity contribution in [1.29, 1.82) is 10.5 Å². The summed E-state index contributed by atoms with van der Waals surface area (Å²) in [4.78, 5) is 3.92. The van der Waals surface area contributed by atoms with Gasteiger partial charge in [0.1, 0.15) is 12.1 Å². The van der Waals surface area contributed by atoms with E-state index < -0.39 is 0 Å². The SMILES string of the molecule is CC(c1cccc(N)c1)n1cnc(C#N)c1C#N. The zero-order valence-corrected chi connectivity index (χ0v) is 9.83. The molecular formula is C13H11N5. The predicted octanol–water partition coefficient (Wildman–Crippen LogP) is 1.82. The summed E-state index contributed by atoms with van der Waals surface area (Å²) in [6.45, 7) is 1.93. The van der Waals surface area contributed by atoms with Gasteiger partial charge in [0.05, 0.1) is 12.4 Å². The molecule has 1 unspecified atom stereocenters. The van der Waals surface area contributed by atoms with Crippen LogP contribution in [0.4, 0.5) is 5.69 Å². The van der Waals surface area contributed by atoms with Crippen LogP contribution in [0.25, 0.3) is 0 Å². The smallest absolute Gasteiger partial charge is 0.176 e. The lowest BCUT2D eigenvalue weighted by molar-refractivity contribution is 0.632. The minimum absolute atomic E-state index is 0.0993. The van der Waals surface area contributed by atoms with Crippen LogP contribution in [0.3, 0.4) is 0 Å². The van der Waals surface area contributed by atoms with Gasteiger partial charge in [-0.25, -0.2) is 4.98 Å². The summed E-state index contributed by atoms with van der Waals surface area (Å²) >= 11 is 0. The molecular weight excluding hydrogens is 226 g/mol. The molecule has 2 N–H and O–H groups in total. The molecule has 0 amide bonds. The van der Waals surface area contributed by atoms with Crippen molar-refractivity contribution in [2.45, 2.75) is 13.0 Å². The molecule has 18 heavy (non-hydrogen) atoms. The normalized spacial score (nSPS) is 11.5. The minimum atomic E-state index is -0.0993. The van der Waals surface area contributed by atoms with Gasteiger partial charge >= 0.3 is 0 Å². The first-order valence-corrected chi connectivity index (χ1v) is 5.40. The summed E-state index contributed by atoms with van der Waals surface area (Å²) in [6, 6.07) is 11.2. The Balaban J connectivity index is 2.47. The highest BCUT2D eigenvalue weighted by Gasteiger charge is 2.16. The van der Waals surface area contributed by atoms with E-state index in [9.17, 15) is 0 Å². The standard InChI is InChI=1S/C13H11N5/c1-9(10-3-2-4-11(16)5-10)18-8-17-12(6-14)13(18)7-15/h2-5,8-9H,16H2,1H3. The Labute approximate surface area is 105 Å². The fraction of sp³-hybridized carbons (Fsp3) is 0.154. The number of rotatable bonds is 2. The van der Waals surface area contributed by atoms with Gasteiger partial charge in [-0.1, -0.05) is 12.1 Å². The average molecular weight is 237 g/mol. The zero-order valence-electron chi connectivity index (χ0n) is 9.83. The number of hydrogen-bond acceptors (Lipinski definition) is 4. The first-order valence-electron chi connectivity index (χ1n) is 5.40. The third-order valence-corrected chi connectivity index (χ3v) is 2.82. The van der Waals surface area contributed by atoms with Gasteiger partial charge in [0.15, 0.2) is 11.4 Å². The summed E-state index contributed by atoms with van der Waals surface area (Å²) in [5, 5.41) is 17.9. The summed E-state index contributed by atoms with van der Waals surface area (Å²) in [5.41, 5.74) is 7.78. The molecule has 5 nitrogen and oxygen atoms in total. The van der Waals surface area contributed by atoms with Crippen molar-refractivity contribution in [2.24, 2.45) is 0 Å². The van der Waals surface area contributed by atoms with Crippen LogP contribution in [-0.4, -0.2) is 9.55 Å². The molecule has 5 heteroatoms. The number of hydrogen-bond donors (Lipinski definition) is 1. The van der Waals surface area contributed by atoms with Crippen molar-refractivity contribution in [3.8, 4) is 12.1 Å². The van der Waals surface area contributed by atoms with Crippen LogP contribution in [0.15, 0.2) is 30.6 Å². The summed E-state index contributed by atoms with van der Waals surface area (Å²) in [5.74, 6) is 0. The highest BCUT2D eigenvalue weighted by atomic mass is 15.1. The number of nitrogen functional groups attached to an aromatic ring is 1. The van der Waals surface area contributed by atoms with Gasteiger partial charge in [-0.3, -0.25) is 0 Å².